The van der Waals surface area contributed by atoms with Gasteiger partial charge in [0.05, 0.1) is 18.1 Å². The van der Waals surface area contributed by atoms with E-state index in [4.69, 9.17) is 17.0 Å². The topological polar surface area (TPSA) is 49.8 Å². The second-order valence-electron chi connectivity index (χ2n) is 4.68. The van der Waals surface area contributed by atoms with E-state index in [2.05, 4.69) is 20.2 Å². The molecule has 0 unspecified atom stereocenters. The van der Waals surface area contributed by atoms with Gasteiger partial charge in [-0.3, -0.25) is 4.98 Å². The van der Waals surface area contributed by atoms with Crippen molar-refractivity contribution in [1.82, 2.24) is 10.3 Å². The fraction of sp³-hybridized carbons (Fsp3) is 0.357. The fourth-order valence-corrected chi connectivity index (χ4v) is 2.37. The lowest BCUT2D eigenvalue weighted by atomic mass is 10.3. The zero-order valence-corrected chi connectivity index (χ0v) is 11.9. The third-order valence-corrected chi connectivity index (χ3v) is 3.48. The maximum absolute atomic E-state index is 5.73. The highest BCUT2D eigenvalue weighted by Gasteiger charge is 2.12. The van der Waals surface area contributed by atoms with Crippen LogP contribution in [0.4, 0.5) is 5.69 Å². The van der Waals surface area contributed by atoms with Crippen LogP contribution in [0.5, 0.6) is 5.75 Å². The number of piperazine rings is 1. The summed E-state index contributed by atoms with van der Waals surface area (Å²) in [6.07, 6.45) is 7.82. The van der Waals surface area contributed by atoms with Gasteiger partial charge in [-0.1, -0.05) is 12.2 Å². The summed E-state index contributed by atoms with van der Waals surface area (Å²) in [6, 6.07) is 1.99. The molecule has 0 saturated carbocycles. The first-order chi connectivity index (χ1) is 9.81. The lowest BCUT2D eigenvalue weighted by molar-refractivity contribution is 0.419. The van der Waals surface area contributed by atoms with Gasteiger partial charge in [-0.15, -0.1) is 0 Å². The van der Waals surface area contributed by atoms with Crippen LogP contribution in [0.15, 0.2) is 35.4 Å². The maximum atomic E-state index is 5.73. The van der Waals surface area contributed by atoms with Crippen molar-refractivity contribution in [2.75, 3.05) is 31.1 Å². The molecule has 1 N–H and O–H groups in total. The Bertz CT molecular complexity index is 564. The molecule has 3 rings (SSSR count). The Labute approximate surface area is 123 Å². The summed E-state index contributed by atoms with van der Waals surface area (Å²) in [5.41, 5.74) is 1.08. The average molecular weight is 288 g/mol. The first-order valence-electron chi connectivity index (χ1n) is 6.67. The Morgan fingerprint density at radius 1 is 1.25 bits per heavy atom. The highest BCUT2D eigenvalue weighted by atomic mass is 32.1. The molecule has 1 fully saturated rings. The Hall–Kier alpha value is -1.79. The molecule has 1 saturated heterocycles. The lowest BCUT2D eigenvalue weighted by Crippen LogP contribution is -2.43. The summed E-state index contributed by atoms with van der Waals surface area (Å²) < 4.78 is 5.73. The number of aromatic nitrogens is 1. The molecule has 0 bridgehead atoms. The van der Waals surface area contributed by atoms with Gasteiger partial charge in [0.2, 0.25) is 5.88 Å². The van der Waals surface area contributed by atoms with Crippen molar-refractivity contribution < 1.29 is 4.74 Å². The van der Waals surface area contributed by atoms with Gasteiger partial charge in [0.15, 0.2) is 0 Å². The number of hydrogen-bond donors (Lipinski definition) is 1. The van der Waals surface area contributed by atoms with Crippen molar-refractivity contribution in [2.45, 2.75) is 6.42 Å². The normalized spacial score (nSPS) is 18.9. The van der Waals surface area contributed by atoms with E-state index in [0.29, 0.717) is 18.1 Å². The molecule has 3 heterocycles. The summed E-state index contributed by atoms with van der Waals surface area (Å²) in [5, 5.41) is 3.33. The minimum absolute atomic E-state index is 0.528. The van der Waals surface area contributed by atoms with E-state index in [1.807, 2.05) is 12.3 Å². The molecule has 6 heteroatoms. The third-order valence-electron chi connectivity index (χ3n) is 3.20. The van der Waals surface area contributed by atoms with Crippen LogP contribution in [-0.4, -0.2) is 42.2 Å². The van der Waals surface area contributed by atoms with Gasteiger partial charge in [-0.25, -0.2) is 4.99 Å². The number of aliphatic imine (C=N–C) groups is 1. The number of nitrogens with one attached hydrogen (secondary N) is 1. The van der Waals surface area contributed by atoms with E-state index in [-0.39, 0.29) is 0 Å². The predicted octanol–water partition coefficient (Wildman–Crippen LogP) is 1.56. The van der Waals surface area contributed by atoms with Crippen LogP contribution >= 0.6 is 12.2 Å². The lowest BCUT2D eigenvalue weighted by Gasteiger charge is -2.29. The van der Waals surface area contributed by atoms with Crippen LogP contribution < -0.4 is 15.0 Å². The molecule has 2 aliphatic rings. The molecular formula is C14H16N4OS. The van der Waals surface area contributed by atoms with Gasteiger partial charge in [0.1, 0.15) is 5.75 Å². The molecule has 0 spiro atoms. The monoisotopic (exact) mass is 288 g/mol. The van der Waals surface area contributed by atoms with Crippen LogP contribution in [0.2, 0.25) is 0 Å². The Morgan fingerprint density at radius 3 is 2.90 bits per heavy atom. The number of nitrogens with zero attached hydrogens (tertiary/aromatic N) is 3. The van der Waals surface area contributed by atoms with Crippen LogP contribution in [0.3, 0.4) is 0 Å². The standard InChI is InChI=1S/C14H16N4OS/c20-13-1-2-17-14(8-13)19-12-7-11(9-16-10-12)18-5-3-15-4-6-18/h2,7-10,15H,1,3-6H2. The van der Waals surface area contributed by atoms with Crippen LogP contribution in [0.1, 0.15) is 6.42 Å². The van der Waals surface area contributed by atoms with Gasteiger partial charge >= 0.3 is 0 Å². The molecule has 104 valence electrons. The predicted molar refractivity (Wildman–Crippen MR) is 83.7 cm³/mol. The van der Waals surface area contributed by atoms with Crippen molar-refractivity contribution in [2.24, 2.45) is 4.99 Å². The highest BCUT2D eigenvalue weighted by molar-refractivity contribution is 7.80. The quantitative estimate of drug-likeness (QED) is 0.855. The maximum Gasteiger partial charge on any atom is 0.220 e. The van der Waals surface area contributed by atoms with Gasteiger partial charge in [-0.2, -0.15) is 0 Å². The first-order valence-corrected chi connectivity index (χ1v) is 7.08. The zero-order valence-electron chi connectivity index (χ0n) is 11.1. The molecule has 0 radical (unpaired) electrons. The van der Waals surface area contributed by atoms with Gasteiger partial charge in [0.25, 0.3) is 0 Å². The molecule has 0 aliphatic carbocycles. The summed E-state index contributed by atoms with van der Waals surface area (Å²) in [5.74, 6) is 1.22. The molecule has 20 heavy (non-hydrogen) atoms. The first kappa shape index (κ1) is 13.2. The molecule has 0 atom stereocenters. The van der Waals surface area contributed by atoms with Crippen molar-refractivity contribution in [1.29, 1.82) is 0 Å². The van der Waals surface area contributed by atoms with Crippen LogP contribution in [0, 0.1) is 0 Å². The van der Waals surface area contributed by atoms with Crippen molar-refractivity contribution >= 4 is 29.0 Å². The minimum atomic E-state index is 0.528. The second-order valence-corrected chi connectivity index (χ2v) is 5.21. The number of allylic oxidation sites excluding steroid dienone is 1. The zero-order chi connectivity index (χ0) is 13.8. The summed E-state index contributed by atoms with van der Waals surface area (Å²) in [7, 11) is 0. The Kier molecular flexibility index (Phi) is 4.03. The van der Waals surface area contributed by atoms with Crippen molar-refractivity contribution in [3.8, 4) is 5.75 Å². The van der Waals surface area contributed by atoms with E-state index in [1.165, 1.54) is 0 Å². The number of thiocarbonyl (C=S) groups is 1. The highest BCUT2D eigenvalue weighted by Crippen LogP contribution is 2.22. The summed E-state index contributed by atoms with van der Waals surface area (Å²) >= 11 is 5.15. The molecule has 0 amide bonds. The molecule has 1 aromatic rings. The van der Waals surface area contributed by atoms with E-state index in [1.54, 1.807) is 18.5 Å². The SMILES string of the molecule is S=C1C=C(Oc2cncc(N3CCNCC3)c2)N=CC1. The van der Waals surface area contributed by atoms with Gasteiger partial charge in [0, 0.05) is 55.8 Å². The summed E-state index contributed by atoms with van der Waals surface area (Å²) in [6.45, 7) is 3.95. The van der Waals surface area contributed by atoms with Crippen LogP contribution in [0.25, 0.3) is 0 Å². The van der Waals surface area contributed by atoms with Crippen molar-refractivity contribution in [3.05, 3.63) is 30.4 Å². The van der Waals surface area contributed by atoms with E-state index >= 15 is 0 Å². The molecule has 1 aromatic heterocycles. The number of pyridine rings is 1. The summed E-state index contributed by atoms with van der Waals surface area (Å²) in [4.78, 5) is 11.6. The van der Waals surface area contributed by atoms with E-state index < -0.39 is 0 Å². The molecule has 0 aromatic carbocycles. The van der Waals surface area contributed by atoms with Crippen molar-refractivity contribution in [3.63, 3.8) is 0 Å². The van der Waals surface area contributed by atoms with E-state index in [0.717, 1.165) is 36.7 Å². The Morgan fingerprint density at radius 2 is 2.10 bits per heavy atom. The number of rotatable bonds is 3. The van der Waals surface area contributed by atoms with Gasteiger partial charge < -0.3 is 15.0 Å². The number of hydrogen-bond acceptors (Lipinski definition) is 6. The average Bonchev–Trinajstić information content (AvgIpc) is 2.48. The minimum Gasteiger partial charge on any atom is -0.437 e. The fourth-order valence-electron chi connectivity index (χ4n) is 2.20. The Balaban J connectivity index is 1.74. The number of ether oxygens (including phenoxy) is 1. The molecule has 2 aliphatic heterocycles. The largest absolute Gasteiger partial charge is 0.437 e. The van der Waals surface area contributed by atoms with E-state index in [9.17, 15) is 0 Å². The molecular weight excluding hydrogens is 272 g/mol. The molecule has 5 nitrogen and oxygen atoms in total. The smallest absolute Gasteiger partial charge is 0.220 e. The van der Waals surface area contributed by atoms with Gasteiger partial charge in [-0.05, 0) is 0 Å². The second kappa shape index (κ2) is 6.11. The number of anilines is 1. The van der Waals surface area contributed by atoms with Crippen LogP contribution in [-0.2, 0) is 0 Å². The third kappa shape index (κ3) is 3.20.